The maximum atomic E-state index is 14.0. The molecule has 3 fully saturated rings. The van der Waals surface area contributed by atoms with Gasteiger partial charge in [0.2, 0.25) is 11.8 Å². The molecule has 1 saturated heterocycles. The third-order valence-corrected chi connectivity index (χ3v) is 12.9. The zero-order valence-corrected chi connectivity index (χ0v) is 28.6. The van der Waals surface area contributed by atoms with Crippen molar-refractivity contribution < 1.29 is 33.6 Å². The first-order valence-corrected chi connectivity index (χ1v) is 18.1. The molecule has 15 heteroatoms. The molecule has 4 aliphatic rings. The normalized spacial score (nSPS) is 25.6. The number of nitro groups is 1. The van der Waals surface area contributed by atoms with Crippen molar-refractivity contribution in [2.75, 3.05) is 23.4 Å². The van der Waals surface area contributed by atoms with E-state index in [1.165, 1.54) is 29.2 Å². The minimum Gasteiger partial charge on any atom is -0.484 e. The Kier molecular flexibility index (Phi) is 8.26. The predicted molar refractivity (Wildman–Crippen MR) is 187 cm³/mol. The Morgan fingerprint density at radius 3 is 2.43 bits per heavy atom. The van der Waals surface area contributed by atoms with E-state index in [-0.39, 0.29) is 64.5 Å². The van der Waals surface area contributed by atoms with E-state index >= 15 is 0 Å². The summed E-state index contributed by atoms with van der Waals surface area (Å²) < 4.78 is 10.9. The first-order valence-electron chi connectivity index (χ1n) is 16.4. The van der Waals surface area contributed by atoms with Crippen molar-refractivity contribution in [3.05, 3.63) is 109 Å². The van der Waals surface area contributed by atoms with Crippen LogP contribution >= 0.6 is 23.1 Å². The maximum Gasteiger partial charge on any atom is 0.338 e. The quantitative estimate of drug-likeness (QED) is 0.101. The van der Waals surface area contributed by atoms with Crippen LogP contribution in [0, 0.1) is 39.7 Å². The summed E-state index contributed by atoms with van der Waals surface area (Å²) in [7, 11) is 0. The van der Waals surface area contributed by atoms with Gasteiger partial charge in [-0.05, 0) is 85.2 Å². The lowest BCUT2D eigenvalue weighted by atomic mass is 9.68. The third-order valence-electron chi connectivity index (χ3n) is 10.3. The molecule has 2 bridgehead atoms. The number of aromatic nitrogens is 1. The molecule has 4 unspecified atom stereocenters. The number of imide groups is 1. The van der Waals surface area contributed by atoms with E-state index in [1.807, 2.05) is 18.2 Å². The second kappa shape index (κ2) is 12.8. The van der Waals surface area contributed by atoms with Crippen LogP contribution in [0.1, 0.15) is 40.1 Å². The molecule has 8 rings (SSSR count). The lowest BCUT2D eigenvalue weighted by molar-refractivity contribution is -0.384. The number of non-ortho nitro benzene ring substituents is 1. The molecule has 2 aliphatic heterocycles. The number of thioether (sulfide) groups is 1. The fourth-order valence-corrected chi connectivity index (χ4v) is 11.3. The van der Waals surface area contributed by atoms with Gasteiger partial charge in [-0.15, -0.1) is 11.8 Å². The summed E-state index contributed by atoms with van der Waals surface area (Å²) in [6.07, 6.45) is 0.704. The average molecular weight is 727 g/mol. The molecule has 2 N–H and O–H groups in total. The molecule has 51 heavy (non-hydrogen) atoms. The number of hydrogen-bond acceptors (Lipinski definition) is 11. The molecule has 2 aliphatic carbocycles. The van der Waals surface area contributed by atoms with Crippen molar-refractivity contribution in [1.29, 1.82) is 0 Å². The van der Waals surface area contributed by atoms with Crippen LogP contribution in [0.15, 0.2) is 82.6 Å². The van der Waals surface area contributed by atoms with Crippen LogP contribution in [0.5, 0.6) is 5.75 Å². The summed E-state index contributed by atoms with van der Waals surface area (Å²) in [6, 6.07) is 19.2. The number of aromatic amines is 1. The molecule has 2 saturated carbocycles. The number of hydrogen-bond donors (Lipinski definition) is 2. The minimum absolute atomic E-state index is 0.0295. The molecule has 0 radical (unpaired) electrons. The van der Waals surface area contributed by atoms with Crippen LogP contribution in [-0.4, -0.2) is 52.1 Å². The molecular weight excluding hydrogens is 697 g/mol. The van der Waals surface area contributed by atoms with Crippen LogP contribution in [0.4, 0.5) is 17.1 Å². The van der Waals surface area contributed by atoms with Crippen LogP contribution in [0.2, 0.25) is 0 Å². The molecular formula is C36H30N4O9S2. The molecule has 1 aromatic heterocycles. The maximum absolute atomic E-state index is 14.0. The third kappa shape index (κ3) is 5.60. The van der Waals surface area contributed by atoms with E-state index in [1.54, 1.807) is 49.0 Å². The highest BCUT2D eigenvalue weighted by atomic mass is 32.2. The van der Waals surface area contributed by atoms with Crippen LogP contribution in [0.3, 0.4) is 0 Å². The second-order valence-electron chi connectivity index (χ2n) is 13.0. The summed E-state index contributed by atoms with van der Waals surface area (Å²) in [5.41, 5.74) is 1.94. The molecule has 7 atom stereocenters. The zero-order chi connectivity index (χ0) is 35.6. The van der Waals surface area contributed by atoms with E-state index in [2.05, 4.69) is 10.3 Å². The van der Waals surface area contributed by atoms with Gasteiger partial charge < -0.3 is 19.8 Å². The number of rotatable bonds is 9. The molecule has 3 aromatic carbocycles. The first-order chi connectivity index (χ1) is 24.6. The number of carbonyl (C=O) groups is 4. The number of carbonyl (C=O) groups excluding carboxylic acids is 4. The standard InChI is InChI=1S/C36H30N4O9S2/c1-2-48-35(44)17-6-8-19(9-7-17)37-25(41)16-49-22-5-3-4-18(14-22)26-27-23-15-24(30(27)50-32-31(26)51-36(45)38-32)29-28(23)33(42)39(34(29)43)20-10-12-21(13-11-20)40(46)47/h3-14,23-24,26-30H,2,15-16H2,1H3,(H,37,41)(H,38,45)/t23-,24-,26-,27?,28?,29?,30?/m1/s1. The number of thiazole rings is 1. The monoisotopic (exact) mass is 726 g/mol. The average Bonchev–Trinajstić information content (AvgIpc) is 3.86. The van der Waals surface area contributed by atoms with Crippen molar-refractivity contribution in [2.45, 2.75) is 29.5 Å². The van der Waals surface area contributed by atoms with Gasteiger partial charge in [-0.25, -0.2) is 4.79 Å². The van der Waals surface area contributed by atoms with Crippen molar-refractivity contribution in [1.82, 2.24) is 4.98 Å². The highest BCUT2D eigenvalue weighted by Crippen LogP contribution is 2.68. The van der Waals surface area contributed by atoms with Gasteiger partial charge >= 0.3 is 10.8 Å². The van der Waals surface area contributed by atoms with Gasteiger partial charge in [0, 0.05) is 33.9 Å². The lowest BCUT2D eigenvalue weighted by Gasteiger charge is -2.43. The number of fused-ring (bicyclic) bond motifs is 9. The Morgan fingerprint density at radius 2 is 1.73 bits per heavy atom. The summed E-state index contributed by atoms with van der Waals surface area (Å²) in [6.45, 7) is 1.71. The summed E-state index contributed by atoms with van der Waals surface area (Å²) in [5.74, 6) is -2.53. The largest absolute Gasteiger partial charge is 0.484 e. The second-order valence-corrected chi connectivity index (χ2v) is 15.2. The number of nitro benzene ring substituents is 1. The van der Waals surface area contributed by atoms with Gasteiger partial charge in [0.15, 0.2) is 6.61 Å². The fourth-order valence-electron chi connectivity index (χ4n) is 8.42. The Morgan fingerprint density at radius 1 is 1.00 bits per heavy atom. The smallest absolute Gasteiger partial charge is 0.338 e. The SMILES string of the molecule is CCOC(=O)c1ccc(NC(=O)COc2cccc([C@H]3c4sc(=O)[nH]c4SC4C3[C@H]3C[C@@H]4C4C(=O)N(c5ccc([N+](=O)[O-])cc5)C(=O)C43)c2)cc1. The Balaban J connectivity index is 1.03. The Bertz CT molecular complexity index is 2150. The number of amides is 3. The van der Waals surface area contributed by atoms with Gasteiger partial charge in [-0.3, -0.25) is 34.2 Å². The van der Waals surface area contributed by atoms with Crippen molar-refractivity contribution in [3.8, 4) is 5.75 Å². The fraction of sp³-hybridized carbons (Fsp3) is 0.306. The van der Waals surface area contributed by atoms with E-state index in [9.17, 15) is 34.1 Å². The summed E-state index contributed by atoms with van der Waals surface area (Å²) in [5, 5.41) is 14.7. The highest BCUT2D eigenvalue weighted by Gasteiger charge is 2.69. The number of H-pyrrole nitrogens is 1. The zero-order valence-electron chi connectivity index (χ0n) is 27.0. The highest BCUT2D eigenvalue weighted by molar-refractivity contribution is 8.00. The van der Waals surface area contributed by atoms with Gasteiger partial charge in [-0.1, -0.05) is 23.5 Å². The van der Waals surface area contributed by atoms with Crippen molar-refractivity contribution in [2.24, 2.45) is 29.6 Å². The lowest BCUT2D eigenvalue weighted by Crippen LogP contribution is -2.42. The predicted octanol–water partition coefficient (Wildman–Crippen LogP) is 5.22. The van der Waals surface area contributed by atoms with E-state index in [0.717, 1.165) is 26.8 Å². The minimum atomic E-state index is -0.534. The number of nitrogens with zero attached hydrogens (tertiary/aromatic N) is 2. The van der Waals surface area contributed by atoms with Crippen LogP contribution < -0.4 is 19.8 Å². The van der Waals surface area contributed by atoms with Gasteiger partial charge in [0.05, 0.1) is 39.6 Å². The van der Waals surface area contributed by atoms with E-state index < -0.39 is 28.6 Å². The van der Waals surface area contributed by atoms with Gasteiger partial charge in [-0.2, -0.15) is 0 Å². The molecule has 3 amide bonds. The number of ether oxygens (including phenoxy) is 2. The molecule has 3 heterocycles. The Hall–Kier alpha value is -5.28. The summed E-state index contributed by atoms with van der Waals surface area (Å²) in [4.78, 5) is 80.8. The van der Waals surface area contributed by atoms with Gasteiger partial charge in [0.25, 0.3) is 11.6 Å². The number of anilines is 2. The number of nitrogens with one attached hydrogen (secondary N) is 2. The van der Waals surface area contributed by atoms with Gasteiger partial charge in [0.1, 0.15) is 5.75 Å². The molecule has 260 valence electrons. The first kappa shape index (κ1) is 32.9. The number of benzene rings is 3. The topological polar surface area (TPSA) is 178 Å². The van der Waals surface area contributed by atoms with Crippen LogP contribution in [0.25, 0.3) is 0 Å². The Labute approximate surface area is 298 Å². The molecule has 0 spiro atoms. The van der Waals surface area contributed by atoms with E-state index in [0.29, 0.717) is 29.1 Å². The van der Waals surface area contributed by atoms with Crippen molar-refractivity contribution >= 4 is 63.9 Å². The molecule has 4 aromatic rings. The van der Waals surface area contributed by atoms with Crippen LogP contribution in [-0.2, 0) is 19.1 Å². The molecule has 13 nitrogen and oxygen atoms in total. The number of esters is 1. The van der Waals surface area contributed by atoms with E-state index in [4.69, 9.17) is 9.47 Å². The van der Waals surface area contributed by atoms with Crippen molar-refractivity contribution in [3.63, 3.8) is 0 Å². The summed E-state index contributed by atoms with van der Waals surface area (Å²) >= 11 is 2.72.